The summed E-state index contributed by atoms with van der Waals surface area (Å²) in [7, 11) is 0. The maximum absolute atomic E-state index is 11.7. The third kappa shape index (κ3) is 10.7. The van der Waals surface area contributed by atoms with E-state index in [0.29, 0.717) is 0 Å². The van der Waals surface area contributed by atoms with Crippen LogP contribution >= 0.6 is 0 Å². The molecule has 0 saturated carbocycles. The van der Waals surface area contributed by atoms with E-state index in [1.165, 1.54) is 0 Å². The van der Waals surface area contributed by atoms with Crippen molar-refractivity contribution in [3.05, 3.63) is 0 Å². The molecule has 0 rings (SSSR count). The Bertz CT molecular complexity index is 442. The highest BCUT2D eigenvalue weighted by Gasteiger charge is 2.25. The van der Waals surface area contributed by atoms with Gasteiger partial charge in [0.15, 0.2) is 0 Å². The third-order valence-electron chi connectivity index (χ3n) is 2.96. The number of aliphatic carboxylic acids is 1. The number of nitrogens with one attached hydrogen (secondary N) is 2. The normalized spacial score (nSPS) is 12.9. The molecule has 3 N–H and O–H groups in total. The Morgan fingerprint density at radius 2 is 1.67 bits per heavy atom. The molecule has 0 aromatic rings. The first-order chi connectivity index (χ1) is 10.9. The molecule has 0 spiro atoms. The fourth-order valence-corrected chi connectivity index (χ4v) is 1.89. The van der Waals surface area contributed by atoms with Crippen LogP contribution in [0.1, 0.15) is 54.4 Å². The van der Waals surface area contributed by atoms with Gasteiger partial charge in [-0.15, -0.1) is 0 Å². The monoisotopic (exact) mass is 346 g/mol. The van der Waals surface area contributed by atoms with Crippen molar-refractivity contribution in [2.45, 2.75) is 66.0 Å². The number of hydrogen-bond donors (Lipinski definition) is 3. The molecule has 8 nitrogen and oxygen atoms in total. The standard InChI is InChI=1S/C16H30N2O6/c1-7-8-16(5,6)10-23-14(22)18-11(12(19)20)9-17-13(21)24-15(2,3)4/h11H,7-10H2,1-6H3,(H,17,21)(H,18,22)(H,19,20). The molecule has 0 aliphatic carbocycles. The Hall–Kier alpha value is -1.99. The maximum atomic E-state index is 11.7. The van der Waals surface area contributed by atoms with Crippen LogP contribution in [0, 0.1) is 5.41 Å². The molecule has 0 aliphatic heterocycles. The van der Waals surface area contributed by atoms with Gasteiger partial charge in [-0.3, -0.25) is 0 Å². The fourth-order valence-electron chi connectivity index (χ4n) is 1.89. The van der Waals surface area contributed by atoms with Crippen LogP contribution in [-0.2, 0) is 14.3 Å². The summed E-state index contributed by atoms with van der Waals surface area (Å²) in [5, 5.41) is 13.6. The highest BCUT2D eigenvalue weighted by molar-refractivity contribution is 5.81. The third-order valence-corrected chi connectivity index (χ3v) is 2.96. The Morgan fingerprint density at radius 3 is 2.12 bits per heavy atom. The van der Waals surface area contributed by atoms with Gasteiger partial charge in [0.1, 0.15) is 11.6 Å². The summed E-state index contributed by atoms with van der Waals surface area (Å²) in [5.41, 5.74) is -0.875. The molecule has 8 heteroatoms. The molecule has 0 heterocycles. The minimum atomic E-state index is -1.31. The van der Waals surface area contributed by atoms with Crippen LogP contribution in [0.2, 0.25) is 0 Å². The average Bonchev–Trinajstić information content (AvgIpc) is 2.39. The first-order valence-electron chi connectivity index (χ1n) is 7.99. The Balaban J connectivity index is 4.41. The summed E-state index contributed by atoms with van der Waals surface area (Å²) in [6.07, 6.45) is 0.240. The number of hydrogen-bond acceptors (Lipinski definition) is 5. The van der Waals surface area contributed by atoms with Gasteiger partial charge in [-0.25, -0.2) is 14.4 Å². The van der Waals surface area contributed by atoms with Crippen LogP contribution in [-0.4, -0.2) is 48.1 Å². The zero-order valence-corrected chi connectivity index (χ0v) is 15.4. The molecule has 1 unspecified atom stereocenters. The molecule has 2 amide bonds. The van der Waals surface area contributed by atoms with Gasteiger partial charge in [0.05, 0.1) is 13.2 Å². The van der Waals surface area contributed by atoms with Crippen molar-refractivity contribution in [1.82, 2.24) is 10.6 Å². The van der Waals surface area contributed by atoms with Gasteiger partial charge in [-0.2, -0.15) is 0 Å². The molecule has 0 aliphatic rings. The van der Waals surface area contributed by atoms with Crippen molar-refractivity contribution >= 4 is 18.2 Å². The van der Waals surface area contributed by atoms with E-state index in [4.69, 9.17) is 14.6 Å². The minimum Gasteiger partial charge on any atom is -0.480 e. The van der Waals surface area contributed by atoms with E-state index < -0.39 is 29.8 Å². The predicted molar refractivity (Wildman–Crippen MR) is 88.8 cm³/mol. The average molecular weight is 346 g/mol. The van der Waals surface area contributed by atoms with E-state index in [1.807, 2.05) is 20.8 Å². The van der Waals surface area contributed by atoms with Gasteiger partial charge in [0, 0.05) is 0 Å². The first-order valence-corrected chi connectivity index (χ1v) is 7.99. The minimum absolute atomic E-state index is 0.179. The highest BCUT2D eigenvalue weighted by Crippen LogP contribution is 2.22. The largest absolute Gasteiger partial charge is 0.480 e. The number of carboxylic acids is 1. The van der Waals surface area contributed by atoms with Crippen LogP contribution < -0.4 is 10.6 Å². The lowest BCUT2D eigenvalue weighted by Gasteiger charge is -2.24. The van der Waals surface area contributed by atoms with Crippen molar-refractivity contribution < 1.29 is 29.0 Å². The second kappa shape index (κ2) is 9.34. The molecule has 0 bridgehead atoms. The Morgan fingerprint density at radius 1 is 1.08 bits per heavy atom. The molecule has 0 radical (unpaired) electrons. The number of alkyl carbamates (subject to hydrolysis) is 2. The molecule has 24 heavy (non-hydrogen) atoms. The zero-order valence-electron chi connectivity index (χ0n) is 15.4. The first kappa shape index (κ1) is 22.0. The number of carbonyl (C=O) groups is 3. The van der Waals surface area contributed by atoms with Gasteiger partial charge in [0.25, 0.3) is 0 Å². The van der Waals surface area contributed by atoms with Gasteiger partial charge in [0.2, 0.25) is 0 Å². The van der Waals surface area contributed by atoms with Gasteiger partial charge in [-0.05, 0) is 32.6 Å². The lowest BCUT2D eigenvalue weighted by molar-refractivity contribution is -0.139. The zero-order chi connectivity index (χ0) is 19.0. The summed E-state index contributed by atoms with van der Waals surface area (Å²) >= 11 is 0. The number of carboxylic acid groups (broad SMARTS) is 1. The molecular formula is C16H30N2O6. The van der Waals surface area contributed by atoms with Crippen molar-refractivity contribution in [3.63, 3.8) is 0 Å². The topological polar surface area (TPSA) is 114 Å². The second-order valence-corrected chi connectivity index (χ2v) is 7.41. The lowest BCUT2D eigenvalue weighted by atomic mass is 9.89. The van der Waals surface area contributed by atoms with Crippen LogP contribution in [0.4, 0.5) is 9.59 Å². The Kier molecular flexibility index (Phi) is 8.57. The molecule has 0 aromatic heterocycles. The lowest BCUT2D eigenvalue weighted by Crippen LogP contribution is -2.49. The second-order valence-electron chi connectivity index (χ2n) is 7.41. The molecule has 0 aromatic carbocycles. The van der Waals surface area contributed by atoms with E-state index in [0.717, 1.165) is 12.8 Å². The van der Waals surface area contributed by atoms with Gasteiger partial charge < -0.3 is 25.2 Å². The smallest absolute Gasteiger partial charge is 0.407 e. The van der Waals surface area contributed by atoms with E-state index in [-0.39, 0.29) is 18.6 Å². The molecule has 140 valence electrons. The maximum Gasteiger partial charge on any atom is 0.407 e. The molecular weight excluding hydrogens is 316 g/mol. The van der Waals surface area contributed by atoms with Crippen molar-refractivity contribution in [1.29, 1.82) is 0 Å². The van der Waals surface area contributed by atoms with Gasteiger partial charge in [-0.1, -0.05) is 27.2 Å². The SMILES string of the molecule is CCCC(C)(C)COC(=O)NC(CNC(=O)OC(C)(C)C)C(=O)O. The number of rotatable bonds is 8. The summed E-state index contributed by atoms with van der Waals surface area (Å²) in [6, 6.07) is -1.31. The van der Waals surface area contributed by atoms with E-state index >= 15 is 0 Å². The van der Waals surface area contributed by atoms with E-state index in [9.17, 15) is 14.4 Å². The Labute approximate surface area is 143 Å². The highest BCUT2D eigenvalue weighted by atomic mass is 16.6. The van der Waals surface area contributed by atoms with Gasteiger partial charge >= 0.3 is 18.2 Å². The molecule has 0 fully saturated rings. The predicted octanol–water partition coefficient (Wildman–Crippen LogP) is 2.52. The van der Waals surface area contributed by atoms with Crippen molar-refractivity contribution in [2.75, 3.05) is 13.2 Å². The molecule has 1 atom stereocenters. The quantitative estimate of drug-likeness (QED) is 0.622. The van der Waals surface area contributed by atoms with Crippen LogP contribution in [0.15, 0.2) is 0 Å². The van der Waals surface area contributed by atoms with Crippen molar-refractivity contribution in [3.8, 4) is 0 Å². The van der Waals surface area contributed by atoms with E-state index in [2.05, 4.69) is 10.6 Å². The summed E-state index contributed by atoms with van der Waals surface area (Å²) < 4.78 is 10.1. The number of ether oxygens (including phenoxy) is 2. The van der Waals surface area contributed by atoms with Crippen LogP contribution in [0.3, 0.4) is 0 Å². The summed E-state index contributed by atoms with van der Waals surface area (Å²) in [4.78, 5) is 34.4. The molecule has 0 saturated heterocycles. The fraction of sp³-hybridized carbons (Fsp3) is 0.812. The van der Waals surface area contributed by atoms with Crippen LogP contribution in [0.25, 0.3) is 0 Å². The number of carbonyl (C=O) groups excluding carboxylic acids is 2. The summed E-state index contributed by atoms with van der Waals surface area (Å²) in [6.45, 7) is 10.9. The van der Waals surface area contributed by atoms with E-state index in [1.54, 1.807) is 20.8 Å². The van der Waals surface area contributed by atoms with Crippen LogP contribution in [0.5, 0.6) is 0 Å². The number of amides is 2. The van der Waals surface area contributed by atoms with Crippen molar-refractivity contribution in [2.24, 2.45) is 5.41 Å². The summed E-state index contributed by atoms with van der Waals surface area (Å²) in [5.74, 6) is -1.28.